The molecule has 0 saturated carbocycles. The molecule has 0 spiro atoms. The van der Waals surface area contributed by atoms with Crippen LogP contribution in [0.5, 0.6) is 5.75 Å². The molecule has 3 aromatic carbocycles. The number of aliphatic hydroxyl groups is 1. The van der Waals surface area contributed by atoms with E-state index < -0.39 is 47.7 Å². The quantitative estimate of drug-likeness (QED) is 0.243. The third kappa shape index (κ3) is 8.41. The topological polar surface area (TPSA) is 123 Å². The van der Waals surface area contributed by atoms with Crippen molar-refractivity contribution in [2.24, 2.45) is 5.92 Å². The van der Waals surface area contributed by atoms with Crippen molar-refractivity contribution in [1.82, 2.24) is 9.80 Å². The van der Waals surface area contributed by atoms with Crippen LogP contribution < -0.4 is 20.7 Å². The zero-order chi connectivity index (χ0) is 32.9. The van der Waals surface area contributed by atoms with Crippen molar-refractivity contribution >= 4 is 35.0 Å². The smallest absolute Gasteiger partial charge is 0.416 e. The fourth-order valence-electron chi connectivity index (χ4n) is 4.66. The zero-order valence-electron chi connectivity index (χ0n) is 24.7. The van der Waals surface area contributed by atoms with Gasteiger partial charge in [0.05, 0.1) is 30.3 Å². The molecule has 1 aliphatic rings. The van der Waals surface area contributed by atoms with Gasteiger partial charge in [0.2, 0.25) is 0 Å². The molecule has 5 amide bonds. The fraction of sp³-hybridized carbons (Fsp3) is 0.323. The van der Waals surface area contributed by atoms with E-state index in [1.54, 1.807) is 14.0 Å². The van der Waals surface area contributed by atoms with Gasteiger partial charge in [0.1, 0.15) is 17.7 Å². The van der Waals surface area contributed by atoms with Crippen LogP contribution >= 0.6 is 0 Å². The zero-order valence-corrected chi connectivity index (χ0v) is 24.7. The third-order valence-electron chi connectivity index (χ3n) is 7.29. The molecule has 3 aromatic rings. The van der Waals surface area contributed by atoms with Gasteiger partial charge in [-0.25, -0.2) is 14.0 Å². The molecule has 3 atom stereocenters. The minimum absolute atomic E-state index is 0.0953. The highest BCUT2D eigenvalue weighted by Crippen LogP contribution is 2.32. The van der Waals surface area contributed by atoms with E-state index in [0.717, 1.165) is 24.3 Å². The first-order chi connectivity index (χ1) is 21.2. The van der Waals surface area contributed by atoms with Crippen molar-refractivity contribution in [3.8, 4) is 5.75 Å². The van der Waals surface area contributed by atoms with Gasteiger partial charge >= 0.3 is 18.2 Å². The monoisotopic (exact) mass is 631 g/mol. The molecule has 240 valence electrons. The van der Waals surface area contributed by atoms with E-state index in [1.165, 1.54) is 52.3 Å². The summed E-state index contributed by atoms with van der Waals surface area (Å²) in [6.45, 7) is 3.52. The maximum Gasteiger partial charge on any atom is 0.416 e. The Labute approximate surface area is 257 Å². The average Bonchev–Trinajstić information content (AvgIpc) is 2.99. The largest absolute Gasteiger partial charge is 0.487 e. The van der Waals surface area contributed by atoms with E-state index in [4.69, 9.17) is 4.74 Å². The molecule has 1 heterocycles. The number of urea groups is 2. The predicted octanol–water partition coefficient (Wildman–Crippen LogP) is 5.87. The number of ether oxygens (including phenoxy) is 1. The van der Waals surface area contributed by atoms with Crippen LogP contribution in [0.25, 0.3) is 0 Å². The molecular weight excluding hydrogens is 598 g/mol. The second-order valence-corrected chi connectivity index (χ2v) is 10.8. The van der Waals surface area contributed by atoms with Gasteiger partial charge in [0.25, 0.3) is 5.91 Å². The van der Waals surface area contributed by atoms with Crippen LogP contribution in [-0.2, 0) is 6.18 Å². The molecular formula is C31H33F4N5O5. The number of likely N-dealkylation sites (N-methyl/N-ethyl adjacent to an activating group) is 1. The highest BCUT2D eigenvalue weighted by Gasteiger charge is 2.34. The molecule has 10 nitrogen and oxygen atoms in total. The summed E-state index contributed by atoms with van der Waals surface area (Å²) in [6.07, 6.45) is -5.11. The SMILES string of the molecule is C[C@@H]1CN([C@@H](C)CO)C(=O)c2cc(NC(=O)Nc3ccc(C(F)(F)F)cc3)ccc2O[C@@H]1CN(C)C(=O)Nc1ccc(F)cc1. The lowest BCUT2D eigenvalue weighted by atomic mass is 9.99. The minimum atomic E-state index is -4.51. The van der Waals surface area contributed by atoms with Gasteiger partial charge in [-0.15, -0.1) is 0 Å². The van der Waals surface area contributed by atoms with Crippen molar-refractivity contribution < 1.29 is 41.8 Å². The Hall–Kier alpha value is -4.85. The predicted molar refractivity (Wildman–Crippen MR) is 160 cm³/mol. The van der Waals surface area contributed by atoms with Crippen LogP contribution in [0.2, 0.25) is 0 Å². The number of nitrogens with one attached hydrogen (secondary N) is 3. The first-order valence-electron chi connectivity index (χ1n) is 14.0. The number of nitrogens with zero attached hydrogens (tertiary/aromatic N) is 2. The van der Waals surface area contributed by atoms with Gasteiger partial charge in [-0.05, 0) is 73.7 Å². The van der Waals surface area contributed by atoms with Crippen LogP contribution in [0.15, 0.2) is 66.7 Å². The molecule has 0 bridgehead atoms. The number of fused-ring (bicyclic) bond motifs is 1. The molecule has 0 aliphatic carbocycles. The second-order valence-electron chi connectivity index (χ2n) is 10.8. The lowest BCUT2D eigenvalue weighted by Gasteiger charge is -2.38. The Kier molecular flexibility index (Phi) is 10.2. The number of amides is 5. The van der Waals surface area contributed by atoms with Crippen LogP contribution in [0.1, 0.15) is 29.8 Å². The third-order valence-corrected chi connectivity index (χ3v) is 7.29. The first-order valence-corrected chi connectivity index (χ1v) is 14.0. The fourth-order valence-corrected chi connectivity index (χ4v) is 4.66. The number of benzene rings is 3. The minimum Gasteiger partial charge on any atom is -0.487 e. The van der Waals surface area contributed by atoms with Crippen LogP contribution in [-0.4, -0.2) is 71.8 Å². The van der Waals surface area contributed by atoms with Crippen LogP contribution in [0.3, 0.4) is 0 Å². The lowest BCUT2D eigenvalue weighted by Crippen LogP contribution is -2.50. The number of halogens is 4. The lowest BCUT2D eigenvalue weighted by molar-refractivity contribution is -0.137. The van der Waals surface area contributed by atoms with Gasteiger partial charge in [-0.2, -0.15) is 13.2 Å². The standard InChI is InChI=1S/C31H33F4N5O5/c1-18-15-40(19(2)17-41)28(42)25-14-24(37-29(43)36-22-8-4-20(5-9-22)31(33,34)35)12-13-26(25)45-27(18)16-39(3)30(44)38-23-10-6-21(32)7-11-23/h4-14,18-19,27,41H,15-17H2,1-3H3,(H,38,44)(H2,36,37,43)/t18-,19+,27-/m1/s1. The van der Waals surface area contributed by atoms with E-state index in [1.807, 2.05) is 6.92 Å². The molecule has 0 saturated heterocycles. The summed E-state index contributed by atoms with van der Waals surface area (Å²) >= 11 is 0. The normalized spacial score (nSPS) is 17.2. The Balaban J connectivity index is 1.52. The van der Waals surface area contributed by atoms with Crippen LogP contribution in [0, 0.1) is 11.7 Å². The summed E-state index contributed by atoms with van der Waals surface area (Å²) in [5, 5.41) is 17.6. The first kappa shape index (κ1) is 33.1. The van der Waals surface area contributed by atoms with Gasteiger partial charge < -0.3 is 35.6 Å². The van der Waals surface area contributed by atoms with E-state index in [9.17, 15) is 37.1 Å². The van der Waals surface area contributed by atoms with Crippen molar-refractivity contribution in [3.63, 3.8) is 0 Å². The Morgan fingerprint density at radius 1 is 1.00 bits per heavy atom. The number of aliphatic hydroxyl groups excluding tert-OH is 1. The van der Waals surface area contributed by atoms with Gasteiger partial charge in [0.15, 0.2) is 0 Å². The highest BCUT2D eigenvalue weighted by molar-refractivity contribution is 6.02. The summed E-state index contributed by atoms with van der Waals surface area (Å²) in [6, 6.07) is 11.8. The molecule has 0 fully saturated rings. The molecule has 4 N–H and O–H groups in total. The summed E-state index contributed by atoms with van der Waals surface area (Å²) in [7, 11) is 1.57. The number of alkyl halides is 3. The van der Waals surface area contributed by atoms with Crippen molar-refractivity contribution in [2.75, 3.05) is 42.7 Å². The number of hydrogen-bond donors (Lipinski definition) is 4. The maximum absolute atomic E-state index is 13.7. The molecule has 1 aliphatic heterocycles. The average molecular weight is 632 g/mol. The number of hydrogen-bond acceptors (Lipinski definition) is 5. The molecule has 0 aromatic heterocycles. The van der Waals surface area contributed by atoms with Crippen molar-refractivity contribution in [2.45, 2.75) is 32.2 Å². The molecule has 4 rings (SSSR count). The van der Waals surface area contributed by atoms with Crippen molar-refractivity contribution in [1.29, 1.82) is 0 Å². The molecule has 14 heteroatoms. The number of anilines is 3. The van der Waals surface area contributed by atoms with E-state index in [-0.39, 0.29) is 48.3 Å². The van der Waals surface area contributed by atoms with E-state index in [0.29, 0.717) is 5.69 Å². The molecule has 45 heavy (non-hydrogen) atoms. The van der Waals surface area contributed by atoms with Crippen molar-refractivity contribution in [3.05, 3.63) is 83.7 Å². The van der Waals surface area contributed by atoms with Gasteiger partial charge in [-0.1, -0.05) is 6.92 Å². The van der Waals surface area contributed by atoms with Gasteiger partial charge in [-0.3, -0.25) is 4.79 Å². The summed E-state index contributed by atoms with van der Waals surface area (Å²) in [4.78, 5) is 42.0. The maximum atomic E-state index is 13.7. The second kappa shape index (κ2) is 13.8. The summed E-state index contributed by atoms with van der Waals surface area (Å²) < 4.78 is 58.0. The Bertz CT molecular complexity index is 1520. The highest BCUT2D eigenvalue weighted by atomic mass is 19.4. The molecule has 0 unspecified atom stereocenters. The number of rotatable bonds is 7. The number of carbonyl (C=O) groups excluding carboxylic acids is 3. The van der Waals surface area contributed by atoms with E-state index >= 15 is 0 Å². The van der Waals surface area contributed by atoms with Crippen LogP contribution in [0.4, 0.5) is 44.2 Å². The van der Waals surface area contributed by atoms with Gasteiger partial charge in [0, 0.05) is 36.6 Å². The number of carbonyl (C=O) groups is 3. The van der Waals surface area contributed by atoms with E-state index in [2.05, 4.69) is 16.0 Å². The Morgan fingerprint density at radius 3 is 2.20 bits per heavy atom. The summed E-state index contributed by atoms with van der Waals surface area (Å²) in [5.74, 6) is -0.991. The Morgan fingerprint density at radius 2 is 1.58 bits per heavy atom. The molecule has 0 radical (unpaired) electrons. The summed E-state index contributed by atoms with van der Waals surface area (Å²) in [5.41, 5.74) is -0.0343.